The first-order valence-electron chi connectivity index (χ1n) is 8.81. The number of benzene rings is 3. The highest BCUT2D eigenvalue weighted by Crippen LogP contribution is 2.30. The summed E-state index contributed by atoms with van der Waals surface area (Å²) in [4.78, 5) is 4.81. The van der Waals surface area contributed by atoms with Crippen LogP contribution in [-0.4, -0.2) is 15.2 Å². The van der Waals surface area contributed by atoms with Crippen molar-refractivity contribution in [3.05, 3.63) is 96.1 Å². The van der Waals surface area contributed by atoms with Crippen LogP contribution in [0.3, 0.4) is 0 Å². The van der Waals surface area contributed by atoms with Gasteiger partial charge in [0.25, 0.3) is 0 Å². The van der Waals surface area contributed by atoms with Crippen molar-refractivity contribution in [2.24, 2.45) is 0 Å². The Morgan fingerprint density at radius 3 is 1.93 bits per heavy atom. The van der Waals surface area contributed by atoms with E-state index >= 15 is 0 Å². The number of nitrogens with zero attached hydrogens (tertiary/aromatic N) is 4. The fraction of sp³-hybridized carbons (Fsp3) is 0.0435. The lowest BCUT2D eigenvalue weighted by Gasteiger charge is -2.09. The molecule has 5 heteroatoms. The van der Waals surface area contributed by atoms with Gasteiger partial charge in [0.05, 0.1) is 11.6 Å². The van der Waals surface area contributed by atoms with E-state index in [1.807, 2.05) is 84.9 Å². The largest absolute Gasteiger partial charge is 0.219 e. The van der Waals surface area contributed by atoms with Gasteiger partial charge in [-0.05, 0) is 17.7 Å². The molecule has 0 spiro atoms. The molecule has 0 radical (unpaired) electrons. The quantitative estimate of drug-likeness (QED) is 0.436. The minimum atomic E-state index is 0.628. The molecule has 0 N–H and O–H groups in total. The normalized spacial score (nSPS) is 10.4. The van der Waals surface area contributed by atoms with E-state index in [0.717, 1.165) is 28.1 Å². The topological polar surface area (TPSA) is 62.5 Å². The maximum atomic E-state index is 8.91. The molecule has 0 aliphatic rings. The molecule has 1 aromatic heterocycles. The molecule has 28 heavy (non-hydrogen) atoms. The number of nitriles is 1. The third-order valence-electron chi connectivity index (χ3n) is 4.21. The number of hydrogen-bond acceptors (Lipinski definition) is 5. The van der Waals surface area contributed by atoms with Crippen molar-refractivity contribution in [3.8, 4) is 28.6 Å². The summed E-state index contributed by atoms with van der Waals surface area (Å²) in [7, 11) is 0. The second-order valence-electron chi connectivity index (χ2n) is 6.12. The van der Waals surface area contributed by atoms with Crippen molar-refractivity contribution in [1.29, 1.82) is 5.26 Å². The van der Waals surface area contributed by atoms with Crippen molar-refractivity contribution in [2.45, 2.75) is 10.9 Å². The van der Waals surface area contributed by atoms with Gasteiger partial charge in [-0.2, -0.15) is 5.26 Å². The van der Waals surface area contributed by atoms with Crippen LogP contribution in [-0.2, 0) is 5.75 Å². The van der Waals surface area contributed by atoms with Gasteiger partial charge in [0.2, 0.25) is 5.16 Å². The highest BCUT2D eigenvalue weighted by Gasteiger charge is 2.13. The van der Waals surface area contributed by atoms with E-state index in [9.17, 15) is 0 Å². The van der Waals surface area contributed by atoms with E-state index in [2.05, 4.69) is 16.3 Å². The lowest BCUT2D eigenvalue weighted by Crippen LogP contribution is -1.99. The highest BCUT2D eigenvalue weighted by molar-refractivity contribution is 7.98. The summed E-state index contributed by atoms with van der Waals surface area (Å²) < 4.78 is 0. The van der Waals surface area contributed by atoms with Crippen LogP contribution in [0.25, 0.3) is 22.5 Å². The lowest BCUT2D eigenvalue weighted by atomic mass is 10.0. The van der Waals surface area contributed by atoms with E-state index in [0.29, 0.717) is 16.5 Å². The van der Waals surface area contributed by atoms with Gasteiger partial charge >= 0.3 is 0 Å². The monoisotopic (exact) mass is 380 g/mol. The summed E-state index contributed by atoms with van der Waals surface area (Å²) >= 11 is 1.53. The van der Waals surface area contributed by atoms with E-state index in [4.69, 9.17) is 10.2 Å². The van der Waals surface area contributed by atoms with Crippen LogP contribution in [0, 0.1) is 11.3 Å². The minimum absolute atomic E-state index is 0.628. The zero-order valence-electron chi connectivity index (χ0n) is 15.0. The Balaban J connectivity index is 1.65. The molecular weight excluding hydrogens is 364 g/mol. The van der Waals surface area contributed by atoms with Gasteiger partial charge in [-0.15, -0.1) is 10.2 Å². The van der Waals surface area contributed by atoms with E-state index in [1.54, 1.807) is 0 Å². The van der Waals surface area contributed by atoms with Crippen LogP contribution < -0.4 is 0 Å². The summed E-state index contributed by atoms with van der Waals surface area (Å²) in [5.41, 5.74) is 5.37. The van der Waals surface area contributed by atoms with Crippen LogP contribution in [0.15, 0.2) is 90.1 Å². The molecule has 3 aromatic carbocycles. The molecule has 1 heterocycles. The SMILES string of the molecule is N#Cc1ccc(CSc2nnc(-c3ccccc3)c(-c3ccccc3)n2)cc1. The summed E-state index contributed by atoms with van der Waals surface area (Å²) in [5.74, 6) is 0.715. The molecule has 0 aliphatic heterocycles. The van der Waals surface area contributed by atoms with Gasteiger partial charge in [-0.1, -0.05) is 84.6 Å². The van der Waals surface area contributed by atoms with E-state index in [1.165, 1.54) is 11.8 Å². The Labute approximate surface area is 167 Å². The molecule has 0 unspecified atom stereocenters. The van der Waals surface area contributed by atoms with Crippen molar-refractivity contribution >= 4 is 11.8 Å². The Kier molecular flexibility index (Phi) is 5.41. The number of hydrogen-bond donors (Lipinski definition) is 0. The molecule has 0 fully saturated rings. The van der Waals surface area contributed by atoms with Crippen molar-refractivity contribution in [3.63, 3.8) is 0 Å². The number of rotatable bonds is 5. The van der Waals surface area contributed by atoms with Crippen molar-refractivity contribution in [1.82, 2.24) is 15.2 Å². The second-order valence-corrected chi connectivity index (χ2v) is 7.06. The fourth-order valence-corrected chi connectivity index (χ4v) is 3.53. The molecule has 134 valence electrons. The maximum Gasteiger partial charge on any atom is 0.210 e. The molecule has 0 saturated carbocycles. The first-order chi connectivity index (χ1) is 13.8. The molecule has 0 atom stereocenters. The second kappa shape index (κ2) is 8.47. The molecular formula is C23H16N4S. The van der Waals surface area contributed by atoms with Gasteiger partial charge in [0.15, 0.2) is 0 Å². The Morgan fingerprint density at radius 2 is 1.32 bits per heavy atom. The van der Waals surface area contributed by atoms with Crippen LogP contribution >= 0.6 is 11.8 Å². The molecule has 4 aromatic rings. The fourth-order valence-electron chi connectivity index (χ4n) is 2.78. The van der Waals surface area contributed by atoms with Gasteiger partial charge in [-0.3, -0.25) is 0 Å². The van der Waals surface area contributed by atoms with Crippen LogP contribution in [0.4, 0.5) is 0 Å². The van der Waals surface area contributed by atoms with Gasteiger partial charge in [0, 0.05) is 16.9 Å². The molecule has 0 amide bonds. The predicted molar refractivity (Wildman–Crippen MR) is 111 cm³/mol. The molecule has 0 aliphatic carbocycles. The standard InChI is InChI=1S/C23H16N4S/c24-15-17-11-13-18(14-12-17)16-28-23-25-21(19-7-3-1-4-8-19)22(26-27-23)20-9-5-2-6-10-20/h1-14H,16H2. The summed E-state index contributed by atoms with van der Waals surface area (Å²) in [5, 5.41) is 18.4. The Hall–Kier alpha value is -3.49. The number of thioether (sulfide) groups is 1. The van der Waals surface area contributed by atoms with E-state index < -0.39 is 0 Å². The summed E-state index contributed by atoms with van der Waals surface area (Å²) in [6.07, 6.45) is 0. The summed E-state index contributed by atoms with van der Waals surface area (Å²) in [6, 6.07) is 29.7. The summed E-state index contributed by atoms with van der Waals surface area (Å²) in [6.45, 7) is 0. The average molecular weight is 380 g/mol. The van der Waals surface area contributed by atoms with Crippen LogP contribution in [0.5, 0.6) is 0 Å². The molecule has 0 saturated heterocycles. The Bertz CT molecular complexity index is 1100. The van der Waals surface area contributed by atoms with Gasteiger partial charge < -0.3 is 0 Å². The molecule has 4 rings (SSSR count). The zero-order valence-corrected chi connectivity index (χ0v) is 15.8. The average Bonchev–Trinajstić information content (AvgIpc) is 2.79. The van der Waals surface area contributed by atoms with Crippen molar-refractivity contribution in [2.75, 3.05) is 0 Å². The van der Waals surface area contributed by atoms with E-state index in [-0.39, 0.29) is 0 Å². The third-order valence-corrected chi connectivity index (χ3v) is 5.12. The van der Waals surface area contributed by atoms with Crippen LogP contribution in [0.1, 0.15) is 11.1 Å². The number of aromatic nitrogens is 3. The lowest BCUT2D eigenvalue weighted by molar-refractivity contribution is 0.850. The molecule has 4 nitrogen and oxygen atoms in total. The molecule has 0 bridgehead atoms. The first kappa shape index (κ1) is 17.9. The van der Waals surface area contributed by atoms with Crippen molar-refractivity contribution < 1.29 is 0 Å². The first-order valence-corrected chi connectivity index (χ1v) is 9.79. The smallest absolute Gasteiger partial charge is 0.210 e. The van der Waals surface area contributed by atoms with Gasteiger partial charge in [0.1, 0.15) is 11.4 Å². The van der Waals surface area contributed by atoms with Gasteiger partial charge in [-0.25, -0.2) is 4.98 Å². The minimum Gasteiger partial charge on any atom is -0.219 e. The third kappa shape index (κ3) is 4.08. The highest BCUT2D eigenvalue weighted by atomic mass is 32.2. The zero-order chi connectivity index (χ0) is 19.2. The predicted octanol–water partition coefficient (Wildman–Crippen LogP) is 5.37. The Morgan fingerprint density at radius 1 is 0.714 bits per heavy atom. The maximum absolute atomic E-state index is 8.91. The van der Waals surface area contributed by atoms with Crippen LogP contribution in [0.2, 0.25) is 0 Å².